The van der Waals surface area contributed by atoms with Gasteiger partial charge < -0.3 is 5.32 Å². The van der Waals surface area contributed by atoms with E-state index in [2.05, 4.69) is 37.3 Å². The second-order valence-corrected chi connectivity index (χ2v) is 5.11. The summed E-state index contributed by atoms with van der Waals surface area (Å²) in [7, 11) is 0. The summed E-state index contributed by atoms with van der Waals surface area (Å²) in [5, 5.41) is 5.66. The molecule has 2 aromatic rings. The fraction of sp³-hybridized carbons (Fsp3) is 0.111. The van der Waals surface area contributed by atoms with E-state index < -0.39 is 0 Å². The molecule has 0 fully saturated rings. The van der Waals surface area contributed by atoms with Gasteiger partial charge in [-0.25, -0.2) is 9.97 Å². The Bertz CT molecular complexity index is 460. The van der Waals surface area contributed by atoms with E-state index in [1.807, 2.05) is 5.38 Å². The second-order valence-electron chi connectivity index (χ2n) is 2.81. The smallest absolute Gasteiger partial charge is 0.134 e. The Morgan fingerprint density at radius 1 is 1.40 bits per heavy atom. The molecular formula is C9H7BrClN3S. The van der Waals surface area contributed by atoms with Crippen LogP contribution >= 0.6 is 38.9 Å². The molecule has 3 nitrogen and oxygen atoms in total. The Hall–Kier alpha value is -0.650. The van der Waals surface area contributed by atoms with Crippen LogP contribution in [0.2, 0.25) is 5.15 Å². The zero-order valence-electron chi connectivity index (χ0n) is 7.58. The fourth-order valence-corrected chi connectivity index (χ4v) is 2.59. The molecule has 15 heavy (non-hydrogen) atoms. The van der Waals surface area contributed by atoms with Gasteiger partial charge in [0.05, 0.1) is 6.54 Å². The van der Waals surface area contributed by atoms with Gasteiger partial charge in [0.25, 0.3) is 0 Å². The summed E-state index contributed by atoms with van der Waals surface area (Å²) in [4.78, 5) is 9.09. The quantitative estimate of drug-likeness (QED) is 0.881. The molecule has 0 unspecified atom stereocenters. The van der Waals surface area contributed by atoms with E-state index in [4.69, 9.17) is 11.6 Å². The molecule has 0 saturated carbocycles. The lowest BCUT2D eigenvalue weighted by Crippen LogP contribution is -1.99. The Balaban J connectivity index is 1.99. The predicted molar refractivity (Wildman–Crippen MR) is 66.4 cm³/mol. The van der Waals surface area contributed by atoms with Crippen LogP contribution < -0.4 is 5.32 Å². The average Bonchev–Trinajstić information content (AvgIpc) is 2.62. The number of anilines is 1. The van der Waals surface area contributed by atoms with Crippen molar-refractivity contribution in [2.45, 2.75) is 6.54 Å². The zero-order chi connectivity index (χ0) is 10.7. The standard InChI is InChI=1S/C9H7BrClN3S/c10-6-1-7(15-4-6)3-12-9-2-8(11)13-5-14-9/h1-2,4-5H,3H2,(H,12,13,14). The molecule has 0 aliphatic carbocycles. The highest BCUT2D eigenvalue weighted by Crippen LogP contribution is 2.20. The van der Waals surface area contributed by atoms with Crippen LogP contribution in [0, 0.1) is 0 Å². The summed E-state index contributed by atoms with van der Waals surface area (Å²) >= 11 is 10.8. The van der Waals surface area contributed by atoms with E-state index >= 15 is 0 Å². The normalized spacial score (nSPS) is 10.3. The lowest BCUT2D eigenvalue weighted by atomic mass is 10.4. The molecule has 78 valence electrons. The van der Waals surface area contributed by atoms with Crippen molar-refractivity contribution in [3.63, 3.8) is 0 Å². The average molecular weight is 305 g/mol. The SMILES string of the molecule is Clc1cc(NCc2cc(Br)cs2)ncn1. The summed E-state index contributed by atoms with van der Waals surface area (Å²) in [5.41, 5.74) is 0. The van der Waals surface area contributed by atoms with Gasteiger partial charge in [-0.2, -0.15) is 0 Å². The summed E-state index contributed by atoms with van der Waals surface area (Å²) < 4.78 is 1.10. The third-order valence-electron chi connectivity index (χ3n) is 1.70. The van der Waals surface area contributed by atoms with Crippen molar-refractivity contribution in [3.8, 4) is 0 Å². The maximum absolute atomic E-state index is 5.73. The van der Waals surface area contributed by atoms with Crippen molar-refractivity contribution in [2.24, 2.45) is 0 Å². The molecule has 0 radical (unpaired) electrons. The molecule has 0 spiro atoms. The predicted octanol–water partition coefficient (Wildman–Crippen LogP) is 3.57. The largest absolute Gasteiger partial charge is 0.365 e. The van der Waals surface area contributed by atoms with Gasteiger partial charge in [-0.1, -0.05) is 11.6 Å². The minimum atomic E-state index is 0.444. The van der Waals surface area contributed by atoms with E-state index in [0.29, 0.717) is 5.15 Å². The monoisotopic (exact) mass is 303 g/mol. The molecule has 6 heteroatoms. The Labute approximate surface area is 105 Å². The third kappa shape index (κ3) is 3.15. The van der Waals surface area contributed by atoms with Gasteiger partial charge in [0.2, 0.25) is 0 Å². The van der Waals surface area contributed by atoms with Crippen molar-refractivity contribution >= 4 is 44.7 Å². The lowest BCUT2D eigenvalue weighted by Gasteiger charge is -2.02. The number of nitrogens with zero attached hydrogens (tertiary/aromatic N) is 2. The minimum Gasteiger partial charge on any atom is -0.365 e. The van der Waals surface area contributed by atoms with Crippen LogP contribution in [0.25, 0.3) is 0 Å². The highest BCUT2D eigenvalue weighted by atomic mass is 79.9. The first-order chi connectivity index (χ1) is 7.24. The van der Waals surface area contributed by atoms with E-state index in [1.165, 1.54) is 11.2 Å². The number of halogens is 2. The molecule has 0 aliphatic rings. The zero-order valence-corrected chi connectivity index (χ0v) is 10.7. The highest BCUT2D eigenvalue weighted by Gasteiger charge is 1.99. The molecular weight excluding hydrogens is 298 g/mol. The van der Waals surface area contributed by atoms with Gasteiger partial charge >= 0.3 is 0 Å². The summed E-state index contributed by atoms with van der Waals surface area (Å²) in [5.74, 6) is 0.736. The van der Waals surface area contributed by atoms with Crippen molar-refractivity contribution in [1.29, 1.82) is 0 Å². The number of hydrogen-bond donors (Lipinski definition) is 1. The molecule has 0 bridgehead atoms. The van der Waals surface area contributed by atoms with Gasteiger partial charge in [0, 0.05) is 20.8 Å². The van der Waals surface area contributed by atoms with E-state index in [0.717, 1.165) is 16.8 Å². The number of thiophene rings is 1. The van der Waals surface area contributed by atoms with E-state index in [9.17, 15) is 0 Å². The number of aromatic nitrogens is 2. The summed E-state index contributed by atoms with van der Waals surface area (Å²) in [6.45, 7) is 0.740. The second kappa shape index (κ2) is 4.92. The van der Waals surface area contributed by atoms with Crippen LogP contribution in [-0.4, -0.2) is 9.97 Å². The van der Waals surface area contributed by atoms with Crippen molar-refractivity contribution in [1.82, 2.24) is 9.97 Å². The first-order valence-electron chi connectivity index (χ1n) is 4.18. The van der Waals surface area contributed by atoms with Crippen LogP contribution in [0.3, 0.4) is 0 Å². The molecule has 0 amide bonds. The third-order valence-corrected chi connectivity index (χ3v) is 3.60. The molecule has 0 saturated heterocycles. The molecule has 0 aliphatic heterocycles. The van der Waals surface area contributed by atoms with Crippen LogP contribution in [0.1, 0.15) is 4.88 Å². The maximum Gasteiger partial charge on any atom is 0.134 e. The maximum atomic E-state index is 5.73. The molecule has 2 rings (SSSR count). The van der Waals surface area contributed by atoms with Gasteiger partial charge in [0.15, 0.2) is 0 Å². The Morgan fingerprint density at radius 2 is 2.27 bits per heavy atom. The number of hydrogen-bond acceptors (Lipinski definition) is 4. The topological polar surface area (TPSA) is 37.8 Å². The van der Waals surface area contributed by atoms with Gasteiger partial charge in [-0.15, -0.1) is 11.3 Å². The lowest BCUT2D eigenvalue weighted by molar-refractivity contribution is 1.10. The molecule has 1 N–H and O–H groups in total. The number of rotatable bonds is 3. The van der Waals surface area contributed by atoms with Crippen molar-refractivity contribution in [2.75, 3.05) is 5.32 Å². The highest BCUT2D eigenvalue weighted by molar-refractivity contribution is 9.10. The molecule has 2 heterocycles. The van der Waals surface area contributed by atoms with Crippen LogP contribution in [0.4, 0.5) is 5.82 Å². The van der Waals surface area contributed by atoms with E-state index in [1.54, 1.807) is 17.4 Å². The van der Waals surface area contributed by atoms with Gasteiger partial charge in [0.1, 0.15) is 17.3 Å². The summed E-state index contributed by atoms with van der Waals surface area (Å²) in [6.07, 6.45) is 1.44. The van der Waals surface area contributed by atoms with Crippen LogP contribution in [-0.2, 0) is 6.54 Å². The Morgan fingerprint density at radius 3 is 2.93 bits per heavy atom. The van der Waals surface area contributed by atoms with Gasteiger partial charge in [-0.05, 0) is 22.0 Å². The molecule has 2 aromatic heterocycles. The Kier molecular flexibility index (Phi) is 3.56. The molecule has 0 atom stereocenters. The van der Waals surface area contributed by atoms with E-state index in [-0.39, 0.29) is 0 Å². The molecule has 0 aromatic carbocycles. The van der Waals surface area contributed by atoms with Crippen LogP contribution in [0.5, 0.6) is 0 Å². The first kappa shape index (κ1) is 10.9. The van der Waals surface area contributed by atoms with Crippen molar-refractivity contribution < 1.29 is 0 Å². The summed E-state index contributed by atoms with van der Waals surface area (Å²) in [6, 6.07) is 3.77. The van der Waals surface area contributed by atoms with Crippen molar-refractivity contribution in [3.05, 3.63) is 38.3 Å². The van der Waals surface area contributed by atoms with Gasteiger partial charge in [-0.3, -0.25) is 0 Å². The van der Waals surface area contributed by atoms with Crippen LogP contribution in [0.15, 0.2) is 28.3 Å². The first-order valence-corrected chi connectivity index (χ1v) is 6.23. The number of nitrogens with one attached hydrogen (secondary N) is 1. The fourth-order valence-electron chi connectivity index (χ4n) is 1.05. The minimum absolute atomic E-state index is 0.444.